The first kappa shape index (κ1) is 26.5. The van der Waals surface area contributed by atoms with Crippen LogP contribution < -0.4 is 14.8 Å². The van der Waals surface area contributed by atoms with E-state index >= 15 is 0 Å². The molecule has 0 bridgehead atoms. The number of hydrogen-bond donors (Lipinski definition) is 1. The van der Waals surface area contributed by atoms with E-state index in [1.54, 1.807) is 25.6 Å². The van der Waals surface area contributed by atoms with Gasteiger partial charge in [0.25, 0.3) is 0 Å². The van der Waals surface area contributed by atoms with Crippen LogP contribution in [0, 0.1) is 6.92 Å². The lowest BCUT2D eigenvalue weighted by atomic mass is 10.2. The molecule has 1 unspecified atom stereocenters. The van der Waals surface area contributed by atoms with Gasteiger partial charge in [0.2, 0.25) is 0 Å². The molecular formula is C28H33N3O5S. The Labute approximate surface area is 221 Å². The standard InChI is InChI=1S/C28H33N3O5S/c1-16(29-27-19-14-22(33-6)23(34-7)15-20(19)30-17(2)31-27)24-11-12-25(37-24)21-10-8-18(35-21)9-13-26(32)36-28(3,4)5/h8,10-12,14-16H,9,13H2,1-7H3,(H,29,30,31). The van der Waals surface area contributed by atoms with Crippen molar-refractivity contribution in [3.8, 4) is 22.1 Å². The molecule has 0 aliphatic rings. The smallest absolute Gasteiger partial charge is 0.306 e. The summed E-state index contributed by atoms with van der Waals surface area (Å²) in [5.41, 5.74) is 0.292. The zero-order chi connectivity index (χ0) is 26.7. The fourth-order valence-electron chi connectivity index (χ4n) is 3.94. The largest absolute Gasteiger partial charge is 0.493 e. The monoisotopic (exact) mass is 523 g/mol. The number of nitrogens with zero attached hydrogens (tertiary/aromatic N) is 2. The van der Waals surface area contributed by atoms with Crippen molar-refractivity contribution in [3.05, 3.63) is 52.9 Å². The maximum absolute atomic E-state index is 12.0. The number of carbonyl (C=O) groups is 1. The van der Waals surface area contributed by atoms with Crippen LogP contribution in [0.1, 0.15) is 56.6 Å². The number of anilines is 1. The molecule has 9 heteroatoms. The normalized spacial score (nSPS) is 12.4. The molecule has 1 atom stereocenters. The topological polar surface area (TPSA) is 95.7 Å². The van der Waals surface area contributed by atoms with Crippen molar-refractivity contribution in [2.24, 2.45) is 0 Å². The van der Waals surface area contributed by atoms with Gasteiger partial charge in [-0.2, -0.15) is 0 Å². The molecule has 0 aliphatic carbocycles. The molecule has 4 rings (SSSR count). The molecule has 0 aliphatic heterocycles. The molecule has 8 nitrogen and oxygen atoms in total. The number of nitrogens with one attached hydrogen (secondary N) is 1. The number of thiophene rings is 1. The van der Waals surface area contributed by atoms with Crippen LogP contribution in [0.4, 0.5) is 5.82 Å². The van der Waals surface area contributed by atoms with E-state index in [2.05, 4.69) is 28.3 Å². The molecule has 1 N–H and O–H groups in total. The van der Waals surface area contributed by atoms with Crippen LogP contribution in [0.15, 0.2) is 40.8 Å². The summed E-state index contributed by atoms with van der Waals surface area (Å²) in [6, 6.07) is 11.7. The van der Waals surface area contributed by atoms with Gasteiger partial charge >= 0.3 is 5.97 Å². The predicted molar refractivity (Wildman–Crippen MR) is 146 cm³/mol. The van der Waals surface area contributed by atoms with Gasteiger partial charge < -0.3 is 23.9 Å². The summed E-state index contributed by atoms with van der Waals surface area (Å²) in [7, 11) is 3.22. The molecule has 4 aromatic rings. The fraction of sp³-hybridized carbons (Fsp3) is 0.393. The Bertz CT molecular complexity index is 1400. The lowest BCUT2D eigenvalue weighted by Gasteiger charge is -2.19. The molecule has 0 saturated heterocycles. The Hall–Kier alpha value is -3.59. The van der Waals surface area contributed by atoms with Gasteiger partial charge in [0.1, 0.15) is 28.8 Å². The maximum Gasteiger partial charge on any atom is 0.306 e. The number of rotatable bonds is 9. The first-order valence-electron chi connectivity index (χ1n) is 12.1. The molecule has 3 heterocycles. The summed E-state index contributed by atoms with van der Waals surface area (Å²) in [5, 5.41) is 4.39. The lowest BCUT2D eigenvalue weighted by Crippen LogP contribution is -2.23. The zero-order valence-corrected chi connectivity index (χ0v) is 23.1. The summed E-state index contributed by atoms with van der Waals surface area (Å²) in [4.78, 5) is 23.4. The number of aromatic nitrogens is 2. The van der Waals surface area contributed by atoms with Crippen molar-refractivity contribution in [2.75, 3.05) is 19.5 Å². The van der Waals surface area contributed by atoms with Crippen LogP contribution in [0.3, 0.4) is 0 Å². The average molecular weight is 524 g/mol. The van der Waals surface area contributed by atoms with E-state index in [4.69, 9.17) is 18.6 Å². The molecule has 0 fully saturated rings. The van der Waals surface area contributed by atoms with Crippen LogP contribution in [-0.4, -0.2) is 35.8 Å². The van der Waals surface area contributed by atoms with Gasteiger partial charge in [0.15, 0.2) is 11.5 Å². The minimum absolute atomic E-state index is 0.00838. The van der Waals surface area contributed by atoms with E-state index in [1.165, 1.54) is 0 Å². The Morgan fingerprint density at radius 2 is 1.81 bits per heavy atom. The predicted octanol–water partition coefficient (Wildman–Crippen LogP) is 6.72. The summed E-state index contributed by atoms with van der Waals surface area (Å²) >= 11 is 1.65. The minimum atomic E-state index is -0.487. The number of furan rings is 1. The number of carbonyl (C=O) groups excluding carboxylic acids is 1. The van der Waals surface area contributed by atoms with Crippen LogP contribution in [0.2, 0.25) is 0 Å². The Morgan fingerprint density at radius 3 is 2.51 bits per heavy atom. The van der Waals surface area contributed by atoms with E-state index in [1.807, 2.05) is 58.0 Å². The van der Waals surface area contributed by atoms with Crippen molar-refractivity contribution in [1.29, 1.82) is 0 Å². The highest BCUT2D eigenvalue weighted by Gasteiger charge is 2.18. The van der Waals surface area contributed by atoms with Crippen molar-refractivity contribution in [1.82, 2.24) is 9.97 Å². The molecular weight excluding hydrogens is 490 g/mol. The third-order valence-corrected chi connectivity index (χ3v) is 6.90. The van der Waals surface area contributed by atoms with E-state index in [0.29, 0.717) is 23.7 Å². The van der Waals surface area contributed by atoms with Gasteiger partial charge in [0.05, 0.1) is 37.1 Å². The first-order valence-corrected chi connectivity index (χ1v) is 13.0. The van der Waals surface area contributed by atoms with Crippen LogP contribution in [0.25, 0.3) is 21.5 Å². The first-order chi connectivity index (χ1) is 17.6. The number of ether oxygens (including phenoxy) is 3. The number of methoxy groups -OCH3 is 2. The molecule has 1 aromatic carbocycles. The number of aryl methyl sites for hydroxylation is 2. The van der Waals surface area contributed by atoms with Crippen molar-refractivity contribution in [3.63, 3.8) is 0 Å². The molecule has 3 aromatic heterocycles. The second-order valence-electron chi connectivity index (χ2n) is 9.76. The second-order valence-corrected chi connectivity index (χ2v) is 10.9. The van der Waals surface area contributed by atoms with E-state index in [-0.39, 0.29) is 18.4 Å². The Kier molecular flexibility index (Phi) is 7.73. The summed E-state index contributed by atoms with van der Waals surface area (Å²) in [5.74, 6) is 3.95. The van der Waals surface area contributed by atoms with Gasteiger partial charge in [-0.3, -0.25) is 4.79 Å². The molecule has 0 spiro atoms. The number of hydrogen-bond acceptors (Lipinski definition) is 9. The molecule has 37 heavy (non-hydrogen) atoms. The van der Waals surface area contributed by atoms with Gasteiger partial charge in [-0.05, 0) is 65.0 Å². The lowest BCUT2D eigenvalue weighted by molar-refractivity contribution is -0.154. The zero-order valence-electron chi connectivity index (χ0n) is 22.3. The Balaban J connectivity index is 1.48. The van der Waals surface area contributed by atoms with E-state index in [9.17, 15) is 4.79 Å². The maximum atomic E-state index is 12.0. The van der Waals surface area contributed by atoms with Crippen LogP contribution >= 0.6 is 11.3 Å². The van der Waals surface area contributed by atoms with Gasteiger partial charge in [-0.25, -0.2) is 9.97 Å². The van der Waals surface area contributed by atoms with Gasteiger partial charge in [0, 0.05) is 22.8 Å². The average Bonchev–Trinajstić information content (AvgIpc) is 3.50. The third kappa shape index (κ3) is 6.40. The van der Waals surface area contributed by atoms with Crippen LogP contribution in [0.5, 0.6) is 11.5 Å². The molecule has 0 saturated carbocycles. The highest BCUT2D eigenvalue weighted by atomic mass is 32.1. The quantitative estimate of drug-likeness (QED) is 0.241. The summed E-state index contributed by atoms with van der Waals surface area (Å²) < 4.78 is 22.3. The third-order valence-electron chi connectivity index (χ3n) is 5.62. The SMILES string of the molecule is COc1cc2nc(C)nc(NC(C)c3ccc(-c4ccc(CCC(=O)OC(C)(C)C)o4)s3)c2cc1OC. The van der Waals surface area contributed by atoms with Crippen molar-refractivity contribution < 1.29 is 23.4 Å². The number of esters is 1. The molecule has 0 radical (unpaired) electrons. The van der Waals surface area contributed by atoms with Gasteiger partial charge in [-0.1, -0.05) is 0 Å². The molecule has 196 valence electrons. The van der Waals surface area contributed by atoms with Crippen LogP contribution in [-0.2, 0) is 16.0 Å². The minimum Gasteiger partial charge on any atom is -0.493 e. The fourth-order valence-corrected chi connectivity index (χ4v) is 4.91. The highest BCUT2D eigenvalue weighted by Crippen LogP contribution is 2.37. The summed E-state index contributed by atoms with van der Waals surface area (Å²) in [6.07, 6.45) is 0.781. The van der Waals surface area contributed by atoms with Gasteiger partial charge in [-0.15, -0.1) is 11.3 Å². The van der Waals surface area contributed by atoms with E-state index < -0.39 is 5.60 Å². The number of fused-ring (bicyclic) bond motifs is 1. The van der Waals surface area contributed by atoms with E-state index in [0.717, 1.165) is 38.0 Å². The summed E-state index contributed by atoms with van der Waals surface area (Å²) in [6.45, 7) is 9.55. The second kappa shape index (κ2) is 10.8. The number of benzene rings is 1. The molecule has 0 amide bonds. The van der Waals surface area contributed by atoms with Crippen molar-refractivity contribution >= 4 is 34.0 Å². The Morgan fingerprint density at radius 1 is 1.08 bits per heavy atom. The highest BCUT2D eigenvalue weighted by molar-refractivity contribution is 7.15. The van der Waals surface area contributed by atoms with Crippen molar-refractivity contribution in [2.45, 2.75) is 59.1 Å².